The summed E-state index contributed by atoms with van der Waals surface area (Å²) in [6.45, 7) is 1.66. The second-order valence-electron chi connectivity index (χ2n) is 6.55. The fourth-order valence-corrected chi connectivity index (χ4v) is 3.32. The average Bonchev–Trinajstić information content (AvgIpc) is 3.19. The number of para-hydroxylation sites is 1. The first kappa shape index (κ1) is 17.0. The van der Waals surface area contributed by atoms with Crippen molar-refractivity contribution in [3.63, 3.8) is 0 Å². The highest BCUT2D eigenvalue weighted by Crippen LogP contribution is 2.32. The van der Waals surface area contributed by atoms with Gasteiger partial charge in [-0.2, -0.15) is 0 Å². The van der Waals surface area contributed by atoms with Crippen molar-refractivity contribution in [3.8, 4) is 11.5 Å². The fourth-order valence-electron chi connectivity index (χ4n) is 3.32. The first-order valence-electron chi connectivity index (χ1n) is 8.89. The Kier molecular flexibility index (Phi) is 4.70. The molecular weight excluding hydrogens is 340 g/mol. The van der Waals surface area contributed by atoms with Gasteiger partial charge >= 0.3 is 0 Å². The molecule has 1 saturated heterocycles. The van der Waals surface area contributed by atoms with Crippen molar-refractivity contribution in [1.29, 1.82) is 0 Å². The highest BCUT2D eigenvalue weighted by atomic mass is 16.5. The van der Waals surface area contributed by atoms with Crippen LogP contribution in [0.15, 0.2) is 67.0 Å². The van der Waals surface area contributed by atoms with E-state index in [1.807, 2.05) is 42.5 Å². The van der Waals surface area contributed by atoms with E-state index in [2.05, 4.69) is 27.0 Å². The molecule has 2 heterocycles. The maximum absolute atomic E-state index is 11.3. The molecule has 6 heteroatoms. The number of aromatic nitrogens is 2. The lowest BCUT2D eigenvalue weighted by molar-refractivity contribution is 0.0995. The Morgan fingerprint density at radius 2 is 1.89 bits per heavy atom. The van der Waals surface area contributed by atoms with E-state index in [1.165, 1.54) is 11.8 Å². The van der Waals surface area contributed by atoms with Crippen molar-refractivity contribution in [1.82, 2.24) is 9.97 Å². The van der Waals surface area contributed by atoms with Gasteiger partial charge in [0, 0.05) is 19.0 Å². The molecule has 0 bridgehead atoms. The molecule has 6 nitrogen and oxygen atoms in total. The Morgan fingerprint density at radius 1 is 1.07 bits per heavy atom. The number of amides is 1. The van der Waals surface area contributed by atoms with E-state index in [9.17, 15) is 4.79 Å². The molecule has 1 fully saturated rings. The summed E-state index contributed by atoms with van der Waals surface area (Å²) in [4.78, 5) is 21.9. The minimum Gasteiger partial charge on any atom is -0.457 e. The van der Waals surface area contributed by atoms with E-state index in [4.69, 9.17) is 10.5 Å². The van der Waals surface area contributed by atoms with Gasteiger partial charge in [-0.25, -0.2) is 4.98 Å². The number of benzene rings is 2. The zero-order chi connectivity index (χ0) is 18.6. The number of ether oxygens (including phenoxy) is 1. The van der Waals surface area contributed by atoms with Gasteiger partial charge in [-0.1, -0.05) is 30.3 Å². The summed E-state index contributed by atoms with van der Waals surface area (Å²) >= 11 is 0. The van der Waals surface area contributed by atoms with Crippen LogP contribution < -0.4 is 15.4 Å². The molecule has 1 amide bonds. The Balaban J connectivity index is 1.48. The zero-order valence-electron chi connectivity index (χ0n) is 14.8. The Labute approximate surface area is 157 Å². The number of nitrogens with two attached hydrogens (primary N) is 1. The van der Waals surface area contributed by atoms with Crippen LogP contribution in [0.5, 0.6) is 11.5 Å². The average molecular weight is 360 g/mol. The Hall–Kier alpha value is -3.41. The van der Waals surface area contributed by atoms with Crippen molar-refractivity contribution in [3.05, 3.63) is 78.2 Å². The lowest BCUT2D eigenvalue weighted by atomic mass is 9.98. The van der Waals surface area contributed by atoms with Crippen LogP contribution in [0.2, 0.25) is 0 Å². The summed E-state index contributed by atoms with van der Waals surface area (Å²) in [5, 5.41) is 0. The predicted octanol–water partition coefficient (Wildman–Crippen LogP) is 3.36. The summed E-state index contributed by atoms with van der Waals surface area (Å²) in [5.74, 6) is 2.13. The second kappa shape index (κ2) is 7.45. The van der Waals surface area contributed by atoms with E-state index in [-0.39, 0.29) is 5.69 Å². The Bertz CT molecular complexity index is 946. The number of hydrogen-bond donors (Lipinski definition) is 1. The number of primary amides is 1. The Morgan fingerprint density at radius 3 is 2.70 bits per heavy atom. The van der Waals surface area contributed by atoms with Crippen LogP contribution in [-0.4, -0.2) is 29.0 Å². The molecule has 0 radical (unpaired) electrons. The van der Waals surface area contributed by atoms with Crippen LogP contribution in [0.3, 0.4) is 0 Å². The van der Waals surface area contributed by atoms with Crippen LogP contribution >= 0.6 is 0 Å². The standard InChI is InChI=1S/C21H20N4O2/c22-21(26)19-12-23-13-20(24-19)25-10-9-16(14-25)15-5-4-8-18(11-15)27-17-6-2-1-3-7-17/h1-8,11-13,16H,9-10,14H2,(H2,22,26)/t16-/m1/s1. The van der Waals surface area contributed by atoms with Gasteiger partial charge < -0.3 is 15.4 Å². The van der Waals surface area contributed by atoms with Crippen molar-refractivity contribution in [2.75, 3.05) is 18.0 Å². The molecule has 3 aromatic rings. The van der Waals surface area contributed by atoms with Gasteiger partial charge in [0.2, 0.25) is 0 Å². The molecule has 2 N–H and O–H groups in total. The van der Waals surface area contributed by atoms with Crippen LogP contribution in [0.25, 0.3) is 0 Å². The lowest BCUT2D eigenvalue weighted by Crippen LogP contribution is -2.22. The monoisotopic (exact) mass is 360 g/mol. The number of carbonyl (C=O) groups is 1. The minimum absolute atomic E-state index is 0.189. The second-order valence-corrected chi connectivity index (χ2v) is 6.55. The van der Waals surface area contributed by atoms with Gasteiger partial charge in [-0.15, -0.1) is 0 Å². The fraction of sp³-hybridized carbons (Fsp3) is 0.190. The van der Waals surface area contributed by atoms with E-state index in [0.717, 1.165) is 31.0 Å². The quantitative estimate of drug-likeness (QED) is 0.754. The van der Waals surface area contributed by atoms with Crippen LogP contribution in [-0.2, 0) is 0 Å². The minimum atomic E-state index is -0.564. The van der Waals surface area contributed by atoms with Crippen molar-refractivity contribution >= 4 is 11.7 Å². The molecule has 4 rings (SSSR count). The van der Waals surface area contributed by atoms with Gasteiger partial charge in [-0.05, 0) is 36.2 Å². The predicted molar refractivity (Wildman–Crippen MR) is 103 cm³/mol. The summed E-state index contributed by atoms with van der Waals surface area (Å²) in [5.41, 5.74) is 6.72. The molecule has 0 aliphatic carbocycles. The van der Waals surface area contributed by atoms with Crippen LogP contribution in [0.4, 0.5) is 5.82 Å². The molecule has 0 spiro atoms. The van der Waals surface area contributed by atoms with Crippen LogP contribution in [0, 0.1) is 0 Å². The van der Waals surface area contributed by atoms with Gasteiger partial charge in [0.1, 0.15) is 23.0 Å². The summed E-state index contributed by atoms with van der Waals surface area (Å²) in [6, 6.07) is 17.9. The lowest BCUT2D eigenvalue weighted by Gasteiger charge is -2.18. The largest absolute Gasteiger partial charge is 0.457 e. The van der Waals surface area contributed by atoms with E-state index < -0.39 is 5.91 Å². The number of hydrogen-bond acceptors (Lipinski definition) is 5. The molecule has 2 aromatic carbocycles. The normalized spacial score (nSPS) is 16.3. The molecule has 136 valence electrons. The third kappa shape index (κ3) is 3.89. The maximum atomic E-state index is 11.3. The number of anilines is 1. The van der Waals surface area contributed by atoms with Gasteiger partial charge in [-0.3, -0.25) is 9.78 Å². The number of rotatable bonds is 5. The summed E-state index contributed by atoms with van der Waals surface area (Å²) < 4.78 is 5.94. The zero-order valence-corrected chi connectivity index (χ0v) is 14.8. The van der Waals surface area contributed by atoms with Crippen molar-refractivity contribution in [2.45, 2.75) is 12.3 Å². The first-order chi connectivity index (χ1) is 13.2. The van der Waals surface area contributed by atoms with Gasteiger partial charge in [0.05, 0.1) is 12.4 Å². The first-order valence-corrected chi connectivity index (χ1v) is 8.89. The van der Waals surface area contributed by atoms with Crippen molar-refractivity contribution < 1.29 is 9.53 Å². The molecule has 1 aromatic heterocycles. The number of nitrogens with zero attached hydrogens (tertiary/aromatic N) is 3. The number of carbonyl (C=O) groups excluding carboxylic acids is 1. The molecule has 1 atom stereocenters. The SMILES string of the molecule is NC(=O)c1cncc(N2CC[C@@H](c3cccc(Oc4ccccc4)c3)C2)n1. The highest BCUT2D eigenvalue weighted by molar-refractivity contribution is 5.90. The summed E-state index contributed by atoms with van der Waals surface area (Å²) in [7, 11) is 0. The smallest absolute Gasteiger partial charge is 0.268 e. The van der Waals surface area contributed by atoms with Gasteiger partial charge in [0.15, 0.2) is 0 Å². The molecular formula is C21H20N4O2. The van der Waals surface area contributed by atoms with E-state index >= 15 is 0 Å². The van der Waals surface area contributed by atoms with E-state index in [0.29, 0.717) is 11.7 Å². The maximum Gasteiger partial charge on any atom is 0.268 e. The molecule has 1 aliphatic heterocycles. The topological polar surface area (TPSA) is 81.3 Å². The molecule has 1 aliphatic rings. The third-order valence-corrected chi connectivity index (χ3v) is 4.69. The molecule has 27 heavy (non-hydrogen) atoms. The van der Waals surface area contributed by atoms with Gasteiger partial charge in [0.25, 0.3) is 5.91 Å². The third-order valence-electron chi connectivity index (χ3n) is 4.69. The molecule has 0 saturated carbocycles. The highest BCUT2D eigenvalue weighted by Gasteiger charge is 2.25. The molecule has 0 unspecified atom stereocenters. The van der Waals surface area contributed by atoms with E-state index in [1.54, 1.807) is 6.20 Å². The van der Waals surface area contributed by atoms with Crippen molar-refractivity contribution in [2.24, 2.45) is 5.73 Å². The summed E-state index contributed by atoms with van der Waals surface area (Å²) in [6.07, 6.45) is 4.06. The van der Waals surface area contributed by atoms with Crippen LogP contribution in [0.1, 0.15) is 28.4 Å².